The summed E-state index contributed by atoms with van der Waals surface area (Å²) in [5.41, 5.74) is 1.81. The molecule has 0 aliphatic heterocycles. The lowest BCUT2D eigenvalue weighted by molar-refractivity contribution is -0.124. The highest BCUT2D eigenvalue weighted by Crippen LogP contribution is 2.45. The van der Waals surface area contributed by atoms with Gasteiger partial charge in [-0.3, -0.25) is 9.59 Å². The van der Waals surface area contributed by atoms with Gasteiger partial charge in [0.1, 0.15) is 0 Å². The fraction of sp³-hybridized carbons (Fsp3) is 0.714. The van der Waals surface area contributed by atoms with E-state index in [1.165, 1.54) is 0 Å². The summed E-state index contributed by atoms with van der Waals surface area (Å²) in [6, 6.07) is 0. The zero-order valence-electron chi connectivity index (χ0n) is 8.13. The molecule has 1 aliphatic rings. The summed E-state index contributed by atoms with van der Waals surface area (Å²) >= 11 is 0. The van der Waals surface area contributed by atoms with Crippen molar-refractivity contribution in [2.24, 2.45) is 23.5 Å². The van der Waals surface area contributed by atoms with Crippen LogP contribution in [0.3, 0.4) is 0 Å². The Morgan fingerprint density at radius 3 is 2.75 bits per heavy atom. The van der Waals surface area contributed by atoms with Crippen LogP contribution in [0.2, 0.25) is 8.23 Å². The van der Waals surface area contributed by atoms with Gasteiger partial charge in [-0.25, -0.2) is 0 Å². The van der Waals surface area contributed by atoms with Crippen molar-refractivity contribution in [3.63, 3.8) is 0 Å². The average molecular weight is 168 g/mol. The maximum Gasteiger partial charge on any atom is 0.242 e. The normalized spacial score (nSPS) is 33.2. The lowest BCUT2D eigenvalue weighted by Gasteiger charge is -1.97. The molecule has 65 valence electrons. The van der Waals surface area contributed by atoms with Crippen molar-refractivity contribution in [1.29, 1.82) is 0 Å². The minimum atomic E-state index is -0.372. The first-order valence-corrected chi connectivity index (χ1v) is 3.93. The number of nitrogens with one attached hydrogen (secondary N) is 1. The lowest BCUT2D eigenvalue weighted by Crippen LogP contribution is -2.29. The third-order valence-corrected chi connectivity index (χ3v) is 2.27. The van der Waals surface area contributed by atoms with Crippen LogP contribution in [0.25, 0.3) is 0 Å². The highest BCUT2D eigenvalue weighted by atomic mass is 16.2. The molecule has 0 heterocycles. The topological polar surface area (TPSA) is 72.2 Å². The SMILES string of the molecule is [2H]NC(=O)[C@H]1[C@H](C)[C@H]1C(=O)N[B]C. The van der Waals surface area contributed by atoms with Crippen molar-refractivity contribution in [1.82, 2.24) is 5.23 Å². The second-order valence-corrected chi connectivity index (χ2v) is 3.07. The summed E-state index contributed by atoms with van der Waals surface area (Å²) in [7, 11) is 1.54. The first-order chi connectivity index (χ1) is 6.13. The maximum atomic E-state index is 11.3. The molecular weight excluding hydrogens is 155 g/mol. The fourth-order valence-corrected chi connectivity index (χ4v) is 1.50. The standard InChI is InChI=1S/C7H12BN2O2/c1-3-4(6(9)11)5(3)7(12)10-8-2/h3-5H,1-2H3,(H2,9,11)(H,10,12)/t3-,4-,5+/m0/s1/i/hD. The van der Waals surface area contributed by atoms with E-state index in [0.29, 0.717) is 0 Å². The molecular formula is C7H12BN2O2. The van der Waals surface area contributed by atoms with Crippen molar-refractivity contribution in [3.8, 4) is 0 Å². The van der Waals surface area contributed by atoms with Gasteiger partial charge in [0.25, 0.3) is 0 Å². The first-order valence-electron chi connectivity index (χ1n) is 4.43. The molecule has 0 aromatic carbocycles. The van der Waals surface area contributed by atoms with Crippen LogP contribution in [-0.4, -0.2) is 19.2 Å². The summed E-state index contributed by atoms with van der Waals surface area (Å²) in [4.78, 5) is 22.3. The van der Waals surface area contributed by atoms with E-state index < -0.39 is 0 Å². The van der Waals surface area contributed by atoms with Gasteiger partial charge in [-0.05, 0) is 5.92 Å². The van der Waals surface area contributed by atoms with Gasteiger partial charge in [0, 0.05) is 0 Å². The smallest absolute Gasteiger partial charge is 0.242 e. The molecule has 1 radical (unpaired) electrons. The molecule has 5 heteroatoms. The molecule has 1 saturated carbocycles. The summed E-state index contributed by atoms with van der Waals surface area (Å²) in [6.45, 7) is 3.55. The van der Waals surface area contributed by atoms with Crippen molar-refractivity contribution in [3.05, 3.63) is 0 Å². The Bertz CT molecular complexity index is 237. The Labute approximate surface area is 73.6 Å². The summed E-state index contributed by atoms with van der Waals surface area (Å²) in [5, 5.41) is 2.54. The Kier molecular flexibility index (Phi) is 2.02. The lowest BCUT2D eigenvalue weighted by atomic mass is 9.99. The Morgan fingerprint density at radius 1 is 1.58 bits per heavy atom. The van der Waals surface area contributed by atoms with Crippen molar-refractivity contribution >= 4 is 19.2 Å². The van der Waals surface area contributed by atoms with Gasteiger partial charge >= 0.3 is 0 Å². The number of carbonyl (C=O) groups is 2. The largest absolute Gasteiger partial charge is 0.403 e. The van der Waals surface area contributed by atoms with Crippen molar-refractivity contribution < 1.29 is 11.0 Å². The number of hydrogen-bond acceptors (Lipinski definition) is 2. The number of nitrogens with two attached hydrogens (primary N) is 1. The van der Waals surface area contributed by atoms with E-state index in [1.54, 1.807) is 20.0 Å². The van der Waals surface area contributed by atoms with E-state index in [-0.39, 0.29) is 29.6 Å². The highest BCUT2D eigenvalue weighted by Gasteiger charge is 2.54. The molecule has 0 saturated heterocycles. The van der Waals surface area contributed by atoms with Gasteiger partial charge < -0.3 is 11.0 Å². The van der Waals surface area contributed by atoms with E-state index in [9.17, 15) is 9.59 Å². The number of primary amides is 1. The average Bonchev–Trinajstić information content (AvgIpc) is 2.76. The maximum absolute atomic E-state index is 11.3. The van der Waals surface area contributed by atoms with Crippen molar-refractivity contribution in [2.45, 2.75) is 13.7 Å². The Hall–Kier alpha value is -0.995. The van der Waals surface area contributed by atoms with E-state index >= 15 is 0 Å². The molecule has 1 fully saturated rings. The van der Waals surface area contributed by atoms with Crippen LogP contribution in [0, 0.1) is 17.8 Å². The molecule has 0 spiro atoms. The number of hydrogen-bond donors (Lipinski definition) is 2. The molecule has 1 aliphatic carbocycles. The van der Waals surface area contributed by atoms with Crippen LogP contribution < -0.4 is 11.0 Å². The van der Waals surface area contributed by atoms with Gasteiger partial charge in [-0.15, -0.1) is 0 Å². The second-order valence-electron chi connectivity index (χ2n) is 3.07. The van der Waals surface area contributed by atoms with E-state index in [2.05, 4.69) is 5.23 Å². The summed E-state index contributed by atoms with van der Waals surface area (Å²) in [5.74, 6) is -1.04. The van der Waals surface area contributed by atoms with Gasteiger partial charge in [0.15, 0.2) is 1.41 Å². The zero-order valence-corrected chi connectivity index (χ0v) is 7.13. The van der Waals surface area contributed by atoms with Crippen molar-refractivity contribution in [2.75, 3.05) is 0 Å². The minimum Gasteiger partial charge on any atom is -0.403 e. The second kappa shape index (κ2) is 3.17. The van der Waals surface area contributed by atoms with E-state index in [1.807, 2.05) is 6.92 Å². The van der Waals surface area contributed by atoms with E-state index in [0.717, 1.165) is 0 Å². The van der Waals surface area contributed by atoms with Gasteiger partial charge in [-0.1, -0.05) is 13.7 Å². The molecule has 3 atom stereocenters. The molecule has 2 amide bonds. The van der Waals surface area contributed by atoms with Crippen LogP contribution >= 0.6 is 0 Å². The molecule has 0 aromatic heterocycles. The third-order valence-electron chi connectivity index (χ3n) is 2.27. The highest BCUT2D eigenvalue weighted by molar-refractivity contribution is 6.35. The van der Waals surface area contributed by atoms with Crippen LogP contribution in [0.4, 0.5) is 0 Å². The number of carbonyl (C=O) groups excluding carboxylic acids is 2. The van der Waals surface area contributed by atoms with Crippen LogP contribution in [0.5, 0.6) is 0 Å². The van der Waals surface area contributed by atoms with Gasteiger partial charge in [0.2, 0.25) is 19.2 Å². The molecule has 1 rings (SSSR count). The fourth-order valence-electron chi connectivity index (χ4n) is 1.50. The van der Waals surface area contributed by atoms with Crippen LogP contribution in [-0.2, 0) is 9.59 Å². The minimum absolute atomic E-state index is 0.0466. The Morgan fingerprint density at radius 2 is 2.25 bits per heavy atom. The molecule has 3 N–H and O–H groups in total. The molecule has 0 bridgehead atoms. The zero-order chi connectivity index (χ0) is 10.0. The van der Waals surface area contributed by atoms with Gasteiger partial charge in [-0.2, -0.15) is 0 Å². The summed E-state index contributed by atoms with van der Waals surface area (Å²) in [6.07, 6.45) is 0. The van der Waals surface area contributed by atoms with Crippen LogP contribution in [0.15, 0.2) is 0 Å². The van der Waals surface area contributed by atoms with Gasteiger partial charge in [0.05, 0.1) is 11.8 Å². The van der Waals surface area contributed by atoms with E-state index in [4.69, 9.17) is 1.41 Å². The monoisotopic (exact) mass is 168 g/mol. The predicted octanol–water partition coefficient (Wildman–Crippen LogP) is -0.863. The molecule has 0 aromatic rings. The molecule has 0 unspecified atom stereocenters. The van der Waals surface area contributed by atoms with Crippen LogP contribution in [0.1, 0.15) is 6.92 Å². The first kappa shape index (κ1) is 7.64. The molecule has 12 heavy (non-hydrogen) atoms. The Balaban J connectivity index is 2.48. The number of rotatable bonds is 3. The molecule has 4 nitrogen and oxygen atoms in total. The number of amides is 2. The predicted molar refractivity (Wildman–Crippen MR) is 45.1 cm³/mol. The quantitative estimate of drug-likeness (QED) is 0.538. The summed E-state index contributed by atoms with van der Waals surface area (Å²) < 4.78 is 6.66. The third kappa shape index (κ3) is 1.44.